The lowest BCUT2D eigenvalue weighted by Crippen LogP contribution is -2.52. The number of hydrogen-bond donors (Lipinski definition) is 1. The zero-order valence-electron chi connectivity index (χ0n) is 20.5. The highest BCUT2D eigenvalue weighted by molar-refractivity contribution is 7.92. The third-order valence-corrected chi connectivity index (χ3v) is 8.13. The zero-order valence-corrected chi connectivity index (χ0v) is 22.9. The van der Waals surface area contributed by atoms with Gasteiger partial charge in [-0.3, -0.25) is 13.9 Å². The highest BCUT2D eigenvalue weighted by Gasteiger charge is 2.31. The van der Waals surface area contributed by atoms with E-state index in [0.29, 0.717) is 5.75 Å². The van der Waals surface area contributed by atoms with Gasteiger partial charge in [-0.15, -0.1) is 0 Å². The van der Waals surface area contributed by atoms with Crippen LogP contribution in [0.3, 0.4) is 0 Å². The van der Waals surface area contributed by atoms with Crippen molar-refractivity contribution in [2.75, 3.05) is 24.2 Å². The molecule has 0 unspecified atom stereocenters. The molecular weight excluding hydrogens is 525 g/mol. The number of anilines is 1. The number of carbonyl (C=O) groups excluding carboxylic acids is 2. The Kier molecular flexibility index (Phi) is 9.49. The lowest BCUT2D eigenvalue weighted by Gasteiger charge is -2.32. The molecule has 11 heteroatoms. The fraction of sp³-hybridized carbons (Fsp3) is 0.440. The van der Waals surface area contributed by atoms with Crippen LogP contribution in [0.2, 0.25) is 10.0 Å². The number of ether oxygens (including phenoxy) is 1. The van der Waals surface area contributed by atoms with Crippen LogP contribution in [0.25, 0.3) is 0 Å². The van der Waals surface area contributed by atoms with E-state index in [1.165, 1.54) is 23.1 Å². The predicted molar refractivity (Wildman–Crippen MR) is 142 cm³/mol. The molecule has 0 saturated heterocycles. The molecule has 2 aromatic carbocycles. The number of nitrogens with zero attached hydrogens (tertiary/aromatic N) is 2. The maximum absolute atomic E-state index is 13.6. The fourth-order valence-corrected chi connectivity index (χ4v) is 5.29. The molecule has 1 atom stereocenters. The normalized spacial score (nSPS) is 14.8. The number of methoxy groups -OCH3 is 1. The fourth-order valence-electron chi connectivity index (χ4n) is 4.16. The van der Waals surface area contributed by atoms with Gasteiger partial charge in [-0.2, -0.15) is 0 Å². The first-order valence-corrected chi connectivity index (χ1v) is 14.3. The summed E-state index contributed by atoms with van der Waals surface area (Å²) in [6.07, 6.45) is 4.93. The van der Waals surface area contributed by atoms with E-state index in [2.05, 4.69) is 5.32 Å². The van der Waals surface area contributed by atoms with Gasteiger partial charge in [0.25, 0.3) is 0 Å². The van der Waals surface area contributed by atoms with E-state index in [1.807, 2.05) is 0 Å². The molecule has 1 aliphatic carbocycles. The van der Waals surface area contributed by atoms with Gasteiger partial charge >= 0.3 is 0 Å². The average Bonchev–Trinajstić information content (AvgIpc) is 3.35. The standard InChI is InChI=1S/C25H31Cl2N3O5S/c1-17(25(32)28-19-6-4-5-7-19)29(15-18-8-11-21(35-2)12-9-18)24(31)16-30(36(3,33)34)20-10-13-22(26)23(27)14-20/h8-14,17,19H,4-7,15-16H2,1-3H3,(H,28,32)/t17-/m1/s1. The van der Waals surface area contributed by atoms with Crippen molar-refractivity contribution < 1.29 is 22.7 Å². The summed E-state index contributed by atoms with van der Waals surface area (Å²) in [6, 6.07) is 10.7. The minimum atomic E-state index is -3.86. The molecular formula is C25H31Cl2N3O5S. The second kappa shape index (κ2) is 12.2. The predicted octanol–water partition coefficient (Wildman–Crippen LogP) is 4.24. The van der Waals surface area contributed by atoms with Crippen LogP contribution < -0.4 is 14.4 Å². The van der Waals surface area contributed by atoms with Crippen LogP contribution in [0.4, 0.5) is 5.69 Å². The largest absolute Gasteiger partial charge is 0.497 e. The number of amides is 2. The van der Waals surface area contributed by atoms with E-state index in [-0.39, 0.29) is 34.2 Å². The molecule has 0 heterocycles. The number of rotatable bonds is 10. The Labute approximate surface area is 222 Å². The van der Waals surface area contributed by atoms with Crippen LogP contribution >= 0.6 is 23.2 Å². The number of sulfonamides is 1. The van der Waals surface area contributed by atoms with Crippen LogP contribution in [0.15, 0.2) is 42.5 Å². The molecule has 3 rings (SSSR count). The topological polar surface area (TPSA) is 96.0 Å². The molecule has 0 radical (unpaired) electrons. The Morgan fingerprint density at radius 1 is 1.08 bits per heavy atom. The van der Waals surface area contributed by atoms with E-state index in [0.717, 1.165) is 41.8 Å². The quantitative estimate of drug-likeness (QED) is 0.472. The van der Waals surface area contributed by atoms with Gasteiger partial charge in [0.05, 0.1) is 29.1 Å². The number of benzene rings is 2. The zero-order chi connectivity index (χ0) is 26.5. The molecule has 0 aliphatic heterocycles. The Hall–Kier alpha value is -2.49. The van der Waals surface area contributed by atoms with Gasteiger partial charge in [0, 0.05) is 12.6 Å². The minimum Gasteiger partial charge on any atom is -0.497 e. The molecule has 1 fully saturated rings. The maximum atomic E-state index is 13.6. The summed E-state index contributed by atoms with van der Waals surface area (Å²) in [5, 5.41) is 3.45. The van der Waals surface area contributed by atoms with E-state index in [9.17, 15) is 18.0 Å². The summed E-state index contributed by atoms with van der Waals surface area (Å²) >= 11 is 12.1. The molecule has 36 heavy (non-hydrogen) atoms. The third kappa shape index (κ3) is 7.27. The molecule has 0 spiro atoms. The van der Waals surface area contributed by atoms with Gasteiger partial charge in [-0.25, -0.2) is 8.42 Å². The lowest BCUT2D eigenvalue weighted by atomic mass is 10.1. The van der Waals surface area contributed by atoms with E-state index < -0.39 is 28.5 Å². The smallest absolute Gasteiger partial charge is 0.244 e. The van der Waals surface area contributed by atoms with Gasteiger partial charge in [-0.1, -0.05) is 48.2 Å². The Morgan fingerprint density at radius 2 is 1.72 bits per heavy atom. The molecule has 196 valence electrons. The van der Waals surface area contributed by atoms with Gasteiger partial charge in [0.15, 0.2) is 0 Å². The van der Waals surface area contributed by atoms with Gasteiger partial charge in [-0.05, 0) is 55.7 Å². The van der Waals surface area contributed by atoms with Crippen molar-refractivity contribution in [3.05, 3.63) is 58.1 Å². The summed E-state index contributed by atoms with van der Waals surface area (Å²) in [6.45, 7) is 1.25. The van der Waals surface area contributed by atoms with Crippen LogP contribution in [-0.2, 0) is 26.2 Å². The number of halogens is 2. The monoisotopic (exact) mass is 555 g/mol. The van der Waals surface area contributed by atoms with Gasteiger partial charge in [0.1, 0.15) is 18.3 Å². The minimum absolute atomic E-state index is 0.0848. The van der Waals surface area contributed by atoms with E-state index in [1.54, 1.807) is 38.3 Å². The van der Waals surface area contributed by atoms with Crippen molar-refractivity contribution in [3.63, 3.8) is 0 Å². The van der Waals surface area contributed by atoms with Crippen LogP contribution in [0.1, 0.15) is 38.2 Å². The maximum Gasteiger partial charge on any atom is 0.244 e. The molecule has 1 saturated carbocycles. The van der Waals surface area contributed by atoms with Gasteiger partial charge < -0.3 is 15.0 Å². The van der Waals surface area contributed by atoms with Crippen LogP contribution in [0.5, 0.6) is 5.75 Å². The lowest BCUT2D eigenvalue weighted by molar-refractivity contribution is -0.139. The number of carbonyl (C=O) groups is 2. The molecule has 1 aliphatic rings. The Balaban J connectivity index is 1.88. The molecule has 0 bridgehead atoms. The van der Waals surface area contributed by atoms with Crippen LogP contribution in [0, 0.1) is 0 Å². The van der Waals surface area contributed by atoms with Gasteiger partial charge in [0.2, 0.25) is 21.8 Å². The molecule has 2 aromatic rings. The number of nitrogens with one attached hydrogen (secondary N) is 1. The van der Waals surface area contributed by atoms with Crippen molar-refractivity contribution in [3.8, 4) is 5.75 Å². The summed E-state index contributed by atoms with van der Waals surface area (Å²) < 4.78 is 31.4. The van der Waals surface area contributed by atoms with E-state index >= 15 is 0 Å². The first-order valence-electron chi connectivity index (χ1n) is 11.6. The average molecular weight is 557 g/mol. The highest BCUT2D eigenvalue weighted by Crippen LogP contribution is 2.29. The summed E-state index contributed by atoms with van der Waals surface area (Å²) in [7, 11) is -2.30. The molecule has 2 amide bonds. The van der Waals surface area contributed by atoms with Crippen molar-refractivity contribution in [1.29, 1.82) is 0 Å². The van der Waals surface area contributed by atoms with Crippen molar-refractivity contribution >= 4 is 50.7 Å². The SMILES string of the molecule is COc1ccc(CN(C(=O)CN(c2ccc(Cl)c(Cl)c2)S(C)(=O)=O)[C@H](C)C(=O)NC2CCCC2)cc1. The molecule has 8 nitrogen and oxygen atoms in total. The van der Waals surface area contributed by atoms with Crippen molar-refractivity contribution in [1.82, 2.24) is 10.2 Å². The summed E-state index contributed by atoms with van der Waals surface area (Å²) in [4.78, 5) is 28.1. The van der Waals surface area contributed by atoms with Crippen molar-refractivity contribution in [2.45, 2.75) is 51.2 Å². The number of hydrogen-bond acceptors (Lipinski definition) is 5. The Morgan fingerprint density at radius 3 is 2.28 bits per heavy atom. The highest BCUT2D eigenvalue weighted by atomic mass is 35.5. The second-order valence-corrected chi connectivity index (χ2v) is 11.6. The first-order chi connectivity index (χ1) is 17.0. The third-order valence-electron chi connectivity index (χ3n) is 6.25. The summed E-state index contributed by atoms with van der Waals surface area (Å²) in [5.41, 5.74) is 0.970. The first kappa shape index (κ1) is 28.1. The second-order valence-electron chi connectivity index (χ2n) is 8.90. The van der Waals surface area contributed by atoms with Crippen LogP contribution in [-0.4, -0.2) is 57.1 Å². The van der Waals surface area contributed by atoms with E-state index in [4.69, 9.17) is 27.9 Å². The summed E-state index contributed by atoms with van der Waals surface area (Å²) in [5.74, 6) is -0.146. The molecule has 1 N–H and O–H groups in total. The van der Waals surface area contributed by atoms with Crippen molar-refractivity contribution in [2.24, 2.45) is 0 Å². The Bertz CT molecular complexity index is 1180. The molecule has 0 aromatic heterocycles.